The Balaban J connectivity index is 1.56. The van der Waals surface area contributed by atoms with E-state index in [0.717, 1.165) is 31.2 Å². The quantitative estimate of drug-likeness (QED) is 0.486. The van der Waals surface area contributed by atoms with E-state index in [2.05, 4.69) is 0 Å². The molecule has 1 heterocycles. The first kappa shape index (κ1) is 15.7. The van der Waals surface area contributed by atoms with Gasteiger partial charge < -0.3 is 4.74 Å². The number of carbonyl (C=O) groups is 3. The summed E-state index contributed by atoms with van der Waals surface area (Å²) in [6.07, 6.45) is 3.62. The number of esters is 1. The standard InChI is InChI=1S/C18H21NO4/c1-12-5-4-6-13(11-12)23-16(20)9-10-19-17(21)14-7-2-3-8-15(14)18(19)22/h4-6,11,14-15H,2-3,7-10H2,1H3/t14-,15+. The summed E-state index contributed by atoms with van der Waals surface area (Å²) in [6, 6.07) is 7.22. The van der Waals surface area contributed by atoms with Gasteiger partial charge in [-0.1, -0.05) is 25.0 Å². The molecule has 0 radical (unpaired) electrons. The van der Waals surface area contributed by atoms with Crippen LogP contribution in [0.3, 0.4) is 0 Å². The van der Waals surface area contributed by atoms with Crippen molar-refractivity contribution in [3.63, 3.8) is 0 Å². The summed E-state index contributed by atoms with van der Waals surface area (Å²) in [6.45, 7) is 2.04. The minimum Gasteiger partial charge on any atom is -0.426 e. The van der Waals surface area contributed by atoms with E-state index < -0.39 is 5.97 Å². The van der Waals surface area contributed by atoms with Crippen molar-refractivity contribution in [2.24, 2.45) is 11.8 Å². The zero-order chi connectivity index (χ0) is 16.4. The largest absolute Gasteiger partial charge is 0.426 e. The van der Waals surface area contributed by atoms with Gasteiger partial charge in [0, 0.05) is 6.54 Å². The summed E-state index contributed by atoms with van der Waals surface area (Å²) in [5.74, 6) is -0.479. The lowest BCUT2D eigenvalue weighted by Gasteiger charge is -2.19. The van der Waals surface area contributed by atoms with E-state index in [1.54, 1.807) is 12.1 Å². The van der Waals surface area contributed by atoms with Gasteiger partial charge in [-0.15, -0.1) is 0 Å². The molecule has 0 aromatic heterocycles. The van der Waals surface area contributed by atoms with Gasteiger partial charge in [-0.05, 0) is 37.5 Å². The van der Waals surface area contributed by atoms with Gasteiger partial charge >= 0.3 is 5.97 Å². The monoisotopic (exact) mass is 315 g/mol. The molecule has 0 spiro atoms. The van der Waals surface area contributed by atoms with Gasteiger partial charge in [0.25, 0.3) is 0 Å². The number of carbonyl (C=O) groups excluding carboxylic acids is 3. The van der Waals surface area contributed by atoms with E-state index in [1.807, 2.05) is 19.1 Å². The highest BCUT2D eigenvalue weighted by Crippen LogP contribution is 2.37. The maximum atomic E-state index is 12.3. The Morgan fingerprint density at radius 2 is 1.83 bits per heavy atom. The fraction of sp³-hybridized carbons (Fsp3) is 0.500. The Labute approximate surface area is 135 Å². The molecule has 0 bridgehead atoms. The number of hydrogen-bond donors (Lipinski definition) is 0. The first-order valence-electron chi connectivity index (χ1n) is 8.19. The van der Waals surface area contributed by atoms with Gasteiger partial charge in [0.15, 0.2) is 0 Å². The number of imide groups is 1. The van der Waals surface area contributed by atoms with Crippen LogP contribution in [0, 0.1) is 18.8 Å². The Morgan fingerprint density at radius 3 is 2.43 bits per heavy atom. The van der Waals surface area contributed by atoms with Gasteiger partial charge in [0.2, 0.25) is 11.8 Å². The molecule has 2 atom stereocenters. The first-order chi connectivity index (χ1) is 11.1. The molecule has 5 nitrogen and oxygen atoms in total. The van der Waals surface area contributed by atoms with Crippen LogP contribution in [-0.4, -0.2) is 29.2 Å². The average Bonchev–Trinajstić information content (AvgIpc) is 2.77. The van der Waals surface area contributed by atoms with E-state index >= 15 is 0 Å². The van der Waals surface area contributed by atoms with Crippen LogP contribution in [0.1, 0.15) is 37.7 Å². The predicted molar refractivity (Wildman–Crippen MR) is 83.6 cm³/mol. The third kappa shape index (κ3) is 3.28. The van der Waals surface area contributed by atoms with Crippen molar-refractivity contribution in [1.29, 1.82) is 0 Å². The molecule has 1 saturated carbocycles. The zero-order valence-electron chi connectivity index (χ0n) is 13.3. The third-order valence-electron chi connectivity index (χ3n) is 4.69. The molecule has 122 valence electrons. The molecule has 1 saturated heterocycles. The van der Waals surface area contributed by atoms with E-state index in [-0.39, 0.29) is 36.6 Å². The molecule has 1 aromatic carbocycles. The minimum atomic E-state index is -0.425. The molecule has 0 unspecified atom stereocenters. The fourth-order valence-corrected chi connectivity index (χ4v) is 3.52. The lowest BCUT2D eigenvalue weighted by Crippen LogP contribution is -2.33. The summed E-state index contributed by atoms with van der Waals surface area (Å²) in [5, 5.41) is 0. The normalized spacial score (nSPS) is 23.8. The highest BCUT2D eigenvalue weighted by Gasteiger charge is 2.47. The Morgan fingerprint density at radius 1 is 1.17 bits per heavy atom. The van der Waals surface area contributed by atoms with Gasteiger partial charge in [0.1, 0.15) is 5.75 Å². The number of benzene rings is 1. The maximum Gasteiger partial charge on any atom is 0.312 e. The SMILES string of the molecule is Cc1cccc(OC(=O)CCN2C(=O)[C@H]3CCCC[C@H]3C2=O)c1. The van der Waals surface area contributed by atoms with Crippen molar-refractivity contribution in [3.8, 4) is 5.75 Å². The average molecular weight is 315 g/mol. The van der Waals surface area contributed by atoms with Gasteiger partial charge in [-0.2, -0.15) is 0 Å². The highest BCUT2D eigenvalue weighted by atomic mass is 16.5. The number of rotatable bonds is 4. The number of likely N-dealkylation sites (tertiary alicyclic amines) is 1. The zero-order valence-corrected chi connectivity index (χ0v) is 13.3. The molecule has 1 aliphatic carbocycles. The van der Waals surface area contributed by atoms with Crippen LogP contribution < -0.4 is 4.74 Å². The summed E-state index contributed by atoms with van der Waals surface area (Å²) >= 11 is 0. The topological polar surface area (TPSA) is 63.7 Å². The van der Waals surface area contributed by atoms with Crippen molar-refractivity contribution < 1.29 is 19.1 Å². The Hall–Kier alpha value is -2.17. The molecule has 2 amide bonds. The highest BCUT2D eigenvalue weighted by molar-refractivity contribution is 6.05. The molecular formula is C18H21NO4. The number of fused-ring (bicyclic) bond motifs is 1. The fourth-order valence-electron chi connectivity index (χ4n) is 3.52. The second kappa shape index (κ2) is 6.52. The number of nitrogens with zero attached hydrogens (tertiary/aromatic N) is 1. The summed E-state index contributed by atoms with van der Waals surface area (Å²) in [5.41, 5.74) is 1.00. The smallest absolute Gasteiger partial charge is 0.312 e. The van der Waals surface area contributed by atoms with Crippen LogP contribution in [0.4, 0.5) is 0 Å². The molecule has 3 rings (SSSR count). The van der Waals surface area contributed by atoms with Crippen molar-refractivity contribution in [1.82, 2.24) is 4.90 Å². The molecule has 23 heavy (non-hydrogen) atoms. The van der Waals surface area contributed by atoms with Crippen molar-refractivity contribution >= 4 is 17.8 Å². The van der Waals surface area contributed by atoms with Crippen LogP contribution in [0.2, 0.25) is 0 Å². The van der Waals surface area contributed by atoms with Gasteiger partial charge in [0.05, 0.1) is 18.3 Å². The second-order valence-corrected chi connectivity index (χ2v) is 6.37. The first-order valence-corrected chi connectivity index (χ1v) is 8.19. The Kier molecular flexibility index (Phi) is 4.46. The van der Waals surface area contributed by atoms with Crippen molar-refractivity contribution in [2.45, 2.75) is 39.0 Å². The van der Waals surface area contributed by atoms with E-state index in [0.29, 0.717) is 5.75 Å². The minimum absolute atomic E-state index is 0.0326. The molecule has 5 heteroatoms. The number of aryl methyl sites for hydroxylation is 1. The van der Waals surface area contributed by atoms with Crippen molar-refractivity contribution in [3.05, 3.63) is 29.8 Å². The van der Waals surface area contributed by atoms with Gasteiger partial charge in [-0.25, -0.2) is 0 Å². The Bertz CT molecular complexity index is 616. The van der Waals surface area contributed by atoms with Gasteiger partial charge in [-0.3, -0.25) is 19.3 Å². The number of ether oxygens (including phenoxy) is 1. The van der Waals surface area contributed by atoms with E-state index in [1.165, 1.54) is 4.90 Å². The van der Waals surface area contributed by atoms with E-state index in [4.69, 9.17) is 4.74 Å². The van der Waals surface area contributed by atoms with Crippen LogP contribution in [0.15, 0.2) is 24.3 Å². The third-order valence-corrected chi connectivity index (χ3v) is 4.69. The predicted octanol–water partition coefficient (Wildman–Crippen LogP) is 2.47. The van der Waals surface area contributed by atoms with Crippen LogP contribution >= 0.6 is 0 Å². The molecule has 1 aliphatic heterocycles. The molecule has 2 fully saturated rings. The lowest BCUT2D eigenvalue weighted by molar-refractivity contribution is -0.141. The van der Waals surface area contributed by atoms with E-state index in [9.17, 15) is 14.4 Å². The number of hydrogen-bond acceptors (Lipinski definition) is 4. The molecule has 1 aromatic rings. The van der Waals surface area contributed by atoms with Crippen LogP contribution in [0.25, 0.3) is 0 Å². The molecular weight excluding hydrogens is 294 g/mol. The number of amides is 2. The molecule has 0 N–H and O–H groups in total. The van der Waals surface area contributed by atoms with Crippen LogP contribution in [0.5, 0.6) is 5.75 Å². The summed E-state index contributed by atoms with van der Waals surface area (Å²) < 4.78 is 5.26. The second-order valence-electron chi connectivity index (χ2n) is 6.37. The van der Waals surface area contributed by atoms with Crippen LogP contribution in [-0.2, 0) is 14.4 Å². The summed E-state index contributed by atoms with van der Waals surface area (Å²) in [4.78, 5) is 37.8. The summed E-state index contributed by atoms with van der Waals surface area (Å²) in [7, 11) is 0. The molecule has 2 aliphatic rings. The van der Waals surface area contributed by atoms with Crippen molar-refractivity contribution in [2.75, 3.05) is 6.54 Å². The maximum absolute atomic E-state index is 12.3. The lowest BCUT2D eigenvalue weighted by atomic mass is 9.81.